The van der Waals surface area contributed by atoms with Crippen LogP contribution in [0.4, 0.5) is 5.69 Å². The molecule has 0 unspecified atom stereocenters. The molecular formula is C24H26N4O3. The normalized spacial score (nSPS) is 15.5. The predicted octanol–water partition coefficient (Wildman–Crippen LogP) is 3.93. The first-order chi connectivity index (χ1) is 15.2. The standard InChI is InChI=1S/C24H26N4O3/c25-20-12-19-22(13-24(20)30-15-17(29)14-28-9-1-2-10-28)27-8-6-23(19)31-18-3-4-21-16(11-18)5-7-26-21/h3-8,11-13,17,26,29H,1-2,9-10,14-15,25H2/t17-/m1/s1. The number of likely N-dealkylation sites (tertiary alicyclic amines) is 1. The summed E-state index contributed by atoms with van der Waals surface area (Å²) in [6, 6.07) is 13.3. The Bertz CT molecular complexity index is 1200. The number of nitrogens with one attached hydrogen (secondary N) is 1. The van der Waals surface area contributed by atoms with Crippen LogP contribution in [0.25, 0.3) is 21.8 Å². The fourth-order valence-corrected chi connectivity index (χ4v) is 4.10. The number of benzene rings is 2. The molecule has 31 heavy (non-hydrogen) atoms. The monoisotopic (exact) mass is 418 g/mol. The van der Waals surface area contributed by atoms with Crippen LogP contribution >= 0.6 is 0 Å². The van der Waals surface area contributed by atoms with E-state index in [0.29, 0.717) is 23.7 Å². The van der Waals surface area contributed by atoms with Crippen molar-refractivity contribution in [3.63, 3.8) is 0 Å². The lowest BCUT2D eigenvalue weighted by atomic mass is 10.1. The number of hydrogen-bond donors (Lipinski definition) is 3. The van der Waals surface area contributed by atoms with E-state index in [1.54, 1.807) is 12.3 Å². The summed E-state index contributed by atoms with van der Waals surface area (Å²) < 4.78 is 12.0. The van der Waals surface area contributed by atoms with Crippen molar-refractivity contribution in [1.29, 1.82) is 0 Å². The van der Waals surface area contributed by atoms with Gasteiger partial charge in [0, 0.05) is 41.3 Å². The quantitative estimate of drug-likeness (QED) is 0.394. The SMILES string of the molecule is Nc1cc2c(Oc3ccc4[nH]ccc4c3)ccnc2cc1OC[C@H](O)CN1CCCC1. The van der Waals surface area contributed by atoms with Crippen LogP contribution in [0.1, 0.15) is 12.8 Å². The summed E-state index contributed by atoms with van der Waals surface area (Å²) in [7, 11) is 0. The number of aromatic amines is 1. The van der Waals surface area contributed by atoms with Crippen molar-refractivity contribution < 1.29 is 14.6 Å². The zero-order valence-electron chi connectivity index (χ0n) is 17.3. The molecule has 1 atom stereocenters. The second kappa shape index (κ2) is 8.45. The highest BCUT2D eigenvalue weighted by Gasteiger charge is 2.17. The third-order valence-corrected chi connectivity index (χ3v) is 5.68. The number of rotatable bonds is 7. The molecule has 0 saturated carbocycles. The molecule has 160 valence electrons. The molecule has 0 spiro atoms. The Hall–Kier alpha value is -3.29. The van der Waals surface area contributed by atoms with Gasteiger partial charge in [0.25, 0.3) is 0 Å². The lowest BCUT2D eigenvalue weighted by molar-refractivity contribution is 0.0762. The van der Waals surface area contributed by atoms with Crippen LogP contribution in [-0.4, -0.2) is 52.3 Å². The smallest absolute Gasteiger partial charge is 0.144 e. The van der Waals surface area contributed by atoms with E-state index in [1.807, 2.05) is 42.6 Å². The molecule has 7 heteroatoms. The van der Waals surface area contributed by atoms with Gasteiger partial charge in [-0.3, -0.25) is 4.98 Å². The molecule has 1 aliphatic rings. The van der Waals surface area contributed by atoms with Gasteiger partial charge in [0.2, 0.25) is 0 Å². The second-order valence-electron chi connectivity index (χ2n) is 8.02. The summed E-state index contributed by atoms with van der Waals surface area (Å²) in [5.41, 5.74) is 8.52. The molecule has 4 N–H and O–H groups in total. The Morgan fingerprint density at radius 2 is 1.97 bits per heavy atom. The van der Waals surface area contributed by atoms with E-state index in [1.165, 1.54) is 12.8 Å². The minimum absolute atomic E-state index is 0.194. The third-order valence-electron chi connectivity index (χ3n) is 5.68. The number of aromatic nitrogens is 2. The predicted molar refractivity (Wildman–Crippen MR) is 122 cm³/mol. The number of nitrogens with zero attached hydrogens (tertiary/aromatic N) is 2. The molecule has 0 radical (unpaired) electrons. The highest BCUT2D eigenvalue weighted by Crippen LogP contribution is 2.35. The van der Waals surface area contributed by atoms with Gasteiger partial charge in [-0.2, -0.15) is 0 Å². The van der Waals surface area contributed by atoms with E-state index in [-0.39, 0.29) is 6.61 Å². The lowest BCUT2D eigenvalue weighted by Crippen LogP contribution is -2.33. The Labute approximate surface area is 180 Å². The number of ether oxygens (including phenoxy) is 2. The van der Waals surface area contributed by atoms with Crippen LogP contribution in [-0.2, 0) is 0 Å². The van der Waals surface area contributed by atoms with Crippen LogP contribution in [0.5, 0.6) is 17.2 Å². The molecule has 3 heterocycles. The Morgan fingerprint density at radius 3 is 2.84 bits per heavy atom. The van der Waals surface area contributed by atoms with Crippen molar-refractivity contribution in [3.05, 3.63) is 54.9 Å². The molecule has 2 aromatic carbocycles. The molecule has 0 amide bonds. The Balaban J connectivity index is 1.33. The number of hydrogen-bond acceptors (Lipinski definition) is 6. The van der Waals surface area contributed by atoms with E-state index < -0.39 is 6.10 Å². The average Bonchev–Trinajstić information content (AvgIpc) is 3.44. The van der Waals surface area contributed by atoms with Gasteiger partial charge in [-0.15, -0.1) is 0 Å². The molecule has 2 aromatic heterocycles. The molecule has 0 aliphatic carbocycles. The van der Waals surface area contributed by atoms with Gasteiger partial charge < -0.3 is 30.2 Å². The van der Waals surface area contributed by atoms with Crippen LogP contribution in [0.2, 0.25) is 0 Å². The molecule has 5 rings (SSSR count). The third kappa shape index (κ3) is 4.28. The van der Waals surface area contributed by atoms with Gasteiger partial charge in [-0.25, -0.2) is 0 Å². The van der Waals surface area contributed by atoms with Gasteiger partial charge in [0.15, 0.2) is 0 Å². The summed E-state index contributed by atoms with van der Waals surface area (Å²) >= 11 is 0. The van der Waals surface area contributed by atoms with Crippen molar-refractivity contribution >= 4 is 27.5 Å². The molecule has 4 aromatic rings. The lowest BCUT2D eigenvalue weighted by Gasteiger charge is -2.20. The molecule has 1 fully saturated rings. The summed E-state index contributed by atoms with van der Waals surface area (Å²) in [6.45, 7) is 2.89. The minimum atomic E-state index is -0.556. The highest BCUT2D eigenvalue weighted by atomic mass is 16.5. The largest absolute Gasteiger partial charge is 0.489 e. The first-order valence-corrected chi connectivity index (χ1v) is 10.6. The minimum Gasteiger partial charge on any atom is -0.489 e. The summed E-state index contributed by atoms with van der Waals surface area (Å²) in [6.07, 6.45) is 5.44. The number of pyridine rings is 1. The van der Waals surface area contributed by atoms with E-state index >= 15 is 0 Å². The number of anilines is 1. The molecular weight excluding hydrogens is 392 g/mol. The van der Waals surface area contributed by atoms with E-state index in [2.05, 4.69) is 14.9 Å². The van der Waals surface area contributed by atoms with E-state index in [0.717, 1.165) is 40.6 Å². The number of nitrogens with two attached hydrogens (primary N) is 1. The second-order valence-corrected chi connectivity index (χ2v) is 8.02. The maximum Gasteiger partial charge on any atom is 0.144 e. The topological polar surface area (TPSA) is 96.6 Å². The van der Waals surface area contributed by atoms with Gasteiger partial charge in [0.1, 0.15) is 30.0 Å². The Kier molecular flexibility index (Phi) is 5.36. The maximum atomic E-state index is 10.3. The van der Waals surface area contributed by atoms with Crippen LogP contribution < -0.4 is 15.2 Å². The fourth-order valence-electron chi connectivity index (χ4n) is 4.10. The van der Waals surface area contributed by atoms with E-state index in [4.69, 9.17) is 15.2 Å². The number of β-amino-alcohol motifs (C(OH)–C–C–N with tert-alkyl or cyclic N) is 1. The molecule has 1 aliphatic heterocycles. The van der Waals surface area contributed by atoms with Gasteiger partial charge in [-0.05, 0) is 62.3 Å². The summed E-state index contributed by atoms with van der Waals surface area (Å²) in [5, 5.41) is 12.2. The number of H-pyrrole nitrogens is 1. The number of aliphatic hydroxyl groups excluding tert-OH is 1. The van der Waals surface area contributed by atoms with Crippen molar-refractivity contribution in [2.75, 3.05) is 32.0 Å². The van der Waals surface area contributed by atoms with Gasteiger partial charge >= 0.3 is 0 Å². The average molecular weight is 418 g/mol. The Morgan fingerprint density at radius 1 is 1.10 bits per heavy atom. The zero-order chi connectivity index (χ0) is 21.2. The number of nitrogen functional groups attached to an aromatic ring is 1. The maximum absolute atomic E-state index is 10.3. The van der Waals surface area contributed by atoms with Crippen molar-refractivity contribution in [1.82, 2.24) is 14.9 Å². The summed E-state index contributed by atoms with van der Waals surface area (Å²) in [5.74, 6) is 1.93. The van der Waals surface area contributed by atoms with Crippen molar-refractivity contribution in [2.45, 2.75) is 18.9 Å². The van der Waals surface area contributed by atoms with Crippen LogP contribution in [0.3, 0.4) is 0 Å². The van der Waals surface area contributed by atoms with Crippen LogP contribution in [0.15, 0.2) is 54.9 Å². The first-order valence-electron chi connectivity index (χ1n) is 10.6. The molecule has 7 nitrogen and oxygen atoms in total. The van der Waals surface area contributed by atoms with Gasteiger partial charge in [-0.1, -0.05) is 0 Å². The van der Waals surface area contributed by atoms with E-state index in [9.17, 15) is 5.11 Å². The fraction of sp³-hybridized carbons (Fsp3) is 0.292. The summed E-state index contributed by atoms with van der Waals surface area (Å²) in [4.78, 5) is 9.88. The van der Waals surface area contributed by atoms with Crippen molar-refractivity contribution in [2.24, 2.45) is 0 Å². The number of aliphatic hydroxyl groups is 1. The van der Waals surface area contributed by atoms with Gasteiger partial charge in [0.05, 0.1) is 11.2 Å². The molecule has 1 saturated heterocycles. The molecule has 0 bridgehead atoms. The zero-order valence-corrected chi connectivity index (χ0v) is 17.3. The number of fused-ring (bicyclic) bond motifs is 2. The first kappa shape index (κ1) is 19.7. The van der Waals surface area contributed by atoms with Crippen molar-refractivity contribution in [3.8, 4) is 17.2 Å². The highest BCUT2D eigenvalue weighted by molar-refractivity contribution is 5.90. The van der Waals surface area contributed by atoms with Crippen LogP contribution in [0, 0.1) is 0 Å².